The van der Waals surface area contributed by atoms with Crippen LogP contribution in [0.25, 0.3) is 0 Å². The Morgan fingerprint density at radius 1 is 1.25 bits per heavy atom. The average molecular weight is 235 g/mol. The lowest BCUT2D eigenvalue weighted by Gasteiger charge is -2.09. The number of likely N-dealkylation sites (tertiary alicyclic amines) is 1. The van der Waals surface area contributed by atoms with E-state index in [0.29, 0.717) is 6.42 Å². The predicted molar refractivity (Wildman–Crippen MR) is 63.4 cm³/mol. The summed E-state index contributed by atoms with van der Waals surface area (Å²) >= 11 is 1.66. The third-order valence-corrected chi connectivity index (χ3v) is 3.64. The molecule has 0 N–H and O–H groups in total. The first-order valence-corrected chi connectivity index (χ1v) is 6.30. The Balaban J connectivity index is 2.25. The van der Waals surface area contributed by atoms with Crippen molar-refractivity contribution in [3.63, 3.8) is 0 Å². The number of hydrogen-bond donors (Lipinski definition) is 0. The molecule has 2 amide bonds. The molecule has 1 heterocycles. The maximum absolute atomic E-state index is 11.8. The standard InChI is InChI=1S/C12H13NO2S/c1-13-11(14)7-10(12(13)15)8-3-5-9(16-2)6-4-8/h3-6,10H,7H2,1-2H3/t10-/m0/s1. The molecule has 1 aliphatic rings. The fourth-order valence-corrected chi connectivity index (χ4v) is 2.26. The zero-order chi connectivity index (χ0) is 11.7. The van der Waals surface area contributed by atoms with Gasteiger partial charge in [0.15, 0.2) is 0 Å². The molecule has 0 radical (unpaired) electrons. The van der Waals surface area contributed by atoms with Crippen LogP contribution in [0.1, 0.15) is 17.9 Å². The van der Waals surface area contributed by atoms with Crippen molar-refractivity contribution in [2.24, 2.45) is 0 Å². The van der Waals surface area contributed by atoms with Crippen LogP contribution in [0.5, 0.6) is 0 Å². The van der Waals surface area contributed by atoms with E-state index in [-0.39, 0.29) is 17.7 Å². The Bertz CT molecular complexity index is 427. The smallest absolute Gasteiger partial charge is 0.236 e. The Kier molecular flexibility index (Phi) is 3.01. The molecule has 2 rings (SSSR count). The van der Waals surface area contributed by atoms with E-state index in [2.05, 4.69) is 0 Å². The Hall–Kier alpha value is -1.29. The first kappa shape index (κ1) is 11.2. The molecular weight excluding hydrogens is 222 g/mol. The highest BCUT2D eigenvalue weighted by molar-refractivity contribution is 7.98. The fourth-order valence-electron chi connectivity index (χ4n) is 1.85. The molecule has 0 saturated carbocycles. The number of carbonyl (C=O) groups excluding carboxylic acids is 2. The van der Waals surface area contributed by atoms with Crippen molar-refractivity contribution >= 4 is 23.6 Å². The maximum Gasteiger partial charge on any atom is 0.236 e. The SMILES string of the molecule is CSc1ccc([C@@H]2CC(=O)N(C)C2=O)cc1. The molecule has 0 spiro atoms. The fraction of sp³-hybridized carbons (Fsp3) is 0.333. The molecule has 1 aromatic carbocycles. The molecule has 84 valence electrons. The molecule has 1 aromatic rings. The van der Waals surface area contributed by atoms with Crippen molar-refractivity contribution in [3.8, 4) is 0 Å². The highest BCUT2D eigenvalue weighted by Gasteiger charge is 2.36. The second-order valence-electron chi connectivity index (χ2n) is 3.82. The molecule has 4 heteroatoms. The molecular formula is C12H13NO2S. The van der Waals surface area contributed by atoms with Crippen LogP contribution >= 0.6 is 11.8 Å². The third kappa shape index (κ3) is 1.85. The molecule has 16 heavy (non-hydrogen) atoms. The second kappa shape index (κ2) is 4.29. The Morgan fingerprint density at radius 3 is 2.31 bits per heavy atom. The van der Waals surface area contributed by atoms with Crippen molar-refractivity contribution in [2.75, 3.05) is 13.3 Å². The molecule has 3 nitrogen and oxygen atoms in total. The van der Waals surface area contributed by atoms with E-state index in [1.165, 1.54) is 4.90 Å². The molecule has 1 saturated heterocycles. The van der Waals surface area contributed by atoms with Crippen LogP contribution in [0.2, 0.25) is 0 Å². The molecule has 0 aromatic heterocycles. The minimum atomic E-state index is -0.284. The summed E-state index contributed by atoms with van der Waals surface area (Å²) in [4.78, 5) is 25.5. The zero-order valence-electron chi connectivity index (χ0n) is 9.27. The van der Waals surface area contributed by atoms with Gasteiger partial charge in [-0.2, -0.15) is 0 Å². The number of carbonyl (C=O) groups is 2. The lowest BCUT2D eigenvalue weighted by Crippen LogP contribution is -2.25. The van der Waals surface area contributed by atoms with E-state index in [1.807, 2.05) is 30.5 Å². The number of amides is 2. The number of hydrogen-bond acceptors (Lipinski definition) is 3. The van der Waals surface area contributed by atoms with Gasteiger partial charge in [0.25, 0.3) is 0 Å². The van der Waals surface area contributed by atoms with Gasteiger partial charge in [0.1, 0.15) is 0 Å². The van der Waals surface area contributed by atoms with Gasteiger partial charge in [0, 0.05) is 18.4 Å². The van der Waals surface area contributed by atoms with Gasteiger partial charge in [-0.25, -0.2) is 0 Å². The van der Waals surface area contributed by atoms with Crippen LogP contribution in [-0.4, -0.2) is 30.0 Å². The highest BCUT2D eigenvalue weighted by atomic mass is 32.2. The number of imide groups is 1. The van der Waals surface area contributed by atoms with Gasteiger partial charge < -0.3 is 0 Å². The van der Waals surface area contributed by atoms with Gasteiger partial charge in [0.2, 0.25) is 11.8 Å². The van der Waals surface area contributed by atoms with Gasteiger partial charge >= 0.3 is 0 Å². The molecule has 1 aliphatic heterocycles. The molecule has 0 aliphatic carbocycles. The summed E-state index contributed by atoms with van der Waals surface area (Å²) in [7, 11) is 1.54. The van der Waals surface area contributed by atoms with Gasteiger partial charge in [-0.3, -0.25) is 14.5 Å². The maximum atomic E-state index is 11.8. The van der Waals surface area contributed by atoms with Gasteiger partial charge in [0.05, 0.1) is 5.92 Å². The zero-order valence-corrected chi connectivity index (χ0v) is 10.1. The van der Waals surface area contributed by atoms with E-state index in [4.69, 9.17) is 0 Å². The Labute approximate surface area is 98.8 Å². The topological polar surface area (TPSA) is 37.4 Å². The minimum absolute atomic E-state index is 0.0936. The van der Waals surface area contributed by atoms with Gasteiger partial charge in [-0.05, 0) is 24.0 Å². The van der Waals surface area contributed by atoms with E-state index in [9.17, 15) is 9.59 Å². The van der Waals surface area contributed by atoms with E-state index in [0.717, 1.165) is 10.5 Å². The van der Waals surface area contributed by atoms with Crippen molar-refractivity contribution in [1.82, 2.24) is 4.90 Å². The van der Waals surface area contributed by atoms with Crippen molar-refractivity contribution < 1.29 is 9.59 Å². The summed E-state index contributed by atoms with van der Waals surface area (Å²) in [5.74, 6) is -0.473. The number of rotatable bonds is 2. The summed E-state index contributed by atoms with van der Waals surface area (Å²) < 4.78 is 0. The summed E-state index contributed by atoms with van der Waals surface area (Å²) in [5.41, 5.74) is 0.931. The van der Waals surface area contributed by atoms with E-state index in [1.54, 1.807) is 18.8 Å². The monoisotopic (exact) mass is 235 g/mol. The minimum Gasteiger partial charge on any atom is -0.285 e. The summed E-state index contributed by atoms with van der Waals surface area (Å²) in [6.07, 6.45) is 2.31. The predicted octanol–water partition coefficient (Wildman–Crippen LogP) is 1.88. The first-order valence-electron chi connectivity index (χ1n) is 5.08. The van der Waals surface area contributed by atoms with E-state index >= 15 is 0 Å². The van der Waals surface area contributed by atoms with Crippen LogP contribution < -0.4 is 0 Å². The van der Waals surface area contributed by atoms with Crippen LogP contribution in [-0.2, 0) is 9.59 Å². The third-order valence-electron chi connectivity index (χ3n) is 2.90. The molecule has 1 fully saturated rings. The van der Waals surface area contributed by atoms with Gasteiger partial charge in [-0.15, -0.1) is 11.8 Å². The number of thioether (sulfide) groups is 1. The highest BCUT2D eigenvalue weighted by Crippen LogP contribution is 2.29. The lowest BCUT2D eigenvalue weighted by molar-refractivity contribution is -0.137. The molecule has 0 unspecified atom stereocenters. The summed E-state index contributed by atoms with van der Waals surface area (Å²) in [6.45, 7) is 0. The van der Waals surface area contributed by atoms with Crippen molar-refractivity contribution in [2.45, 2.75) is 17.2 Å². The number of likely N-dealkylation sites (N-methyl/N-ethyl adjacent to an activating group) is 1. The molecule has 1 atom stereocenters. The normalized spacial score (nSPS) is 20.6. The van der Waals surface area contributed by atoms with Crippen LogP contribution in [0.4, 0.5) is 0 Å². The first-order chi connectivity index (χ1) is 7.63. The lowest BCUT2D eigenvalue weighted by atomic mass is 9.98. The largest absolute Gasteiger partial charge is 0.285 e. The Morgan fingerprint density at radius 2 is 1.88 bits per heavy atom. The second-order valence-corrected chi connectivity index (χ2v) is 4.70. The average Bonchev–Trinajstić information content (AvgIpc) is 2.57. The number of benzene rings is 1. The van der Waals surface area contributed by atoms with Crippen molar-refractivity contribution in [3.05, 3.63) is 29.8 Å². The molecule has 0 bridgehead atoms. The van der Waals surface area contributed by atoms with Gasteiger partial charge in [-0.1, -0.05) is 12.1 Å². The number of nitrogens with zero attached hydrogens (tertiary/aromatic N) is 1. The van der Waals surface area contributed by atoms with Crippen molar-refractivity contribution in [1.29, 1.82) is 0 Å². The van der Waals surface area contributed by atoms with Crippen LogP contribution in [0, 0.1) is 0 Å². The van der Waals surface area contributed by atoms with Crippen LogP contribution in [0.3, 0.4) is 0 Å². The summed E-state index contributed by atoms with van der Waals surface area (Å²) in [6, 6.07) is 7.83. The van der Waals surface area contributed by atoms with Crippen LogP contribution in [0.15, 0.2) is 29.2 Å². The quantitative estimate of drug-likeness (QED) is 0.580. The summed E-state index contributed by atoms with van der Waals surface area (Å²) in [5, 5.41) is 0. The van der Waals surface area contributed by atoms with E-state index < -0.39 is 0 Å².